The monoisotopic (exact) mass is 416 g/mol. The van der Waals surface area contributed by atoms with Gasteiger partial charge in [-0.25, -0.2) is 4.39 Å². The van der Waals surface area contributed by atoms with E-state index < -0.39 is 5.82 Å². The summed E-state index contributed by atoms with van der Waals surface area (Å²) in [7, 11) is 1.54. The zero-order valence-electron chi connectivity index (χ0n) is 14.3. The topological polar surface area (TPSA) is 53.3 Å². The zero-order chi connectivity index (χ0) is 18.7. The first kappa shape index (κ1) is 18.4. The number of methoxy groups -OCH3 is 1. The van der Waals surface area contributed by atoms with Crippen molar-refractivity contribution in [2.24, 2.45) is 5.92 Å². The molecule has 3 rings (SSSR count). The van der Waals surface area contributed by atoms with Crippen molar-refractivity contribution in [3.05, 3.63) is 57.8 Å². The third-order valence-corrected chi connectivity index (χ3v) is 5.38. The van der Waals surface area contributed by atoms with Gasteiger partial charge in [-0.2, -0.15) is 5.26 Å². The summed E-state index contributed by atoms with van der Waals surface area (Å²) in [5, 5.41) is 9.08. The highest BCUT2D eigenvalue weighted by Gasteiger charge is 2.26. The van der Waals surface area contributed by atoms with Crippen molar-refractivity contribution >= 4 is 27.4 Å². The van der Waals surface area contributed by atoms with Gasteiger partial charge in [0.15, 0.2) is 5.78 Å². The van der Waals surface area contributed by atoms with E-state index in [0.29, 0.717) is 34.2 Å². The van der Waals surface area contributed by atoms with Gasteiger partial charge in [0.05, 0.1) is 17.1 Å². The Labute approximate surface area is 160 Å². The Morgan fingerprint density at radius 2 is 2.00 bits per heavy atom. The van der Waals surface area contributed by atoms with Gasteiger partial charge in [0.1, 0.15) is 17.6 Å². The van der Waals surface area contributed by atoms with Crippen LogP contribution in [0.5, 0.6) is 5.75 Å². The van der Waals surface area contributed by atoms with E-state index in [1.807, 2.05) is 12.1 Å². The fourth-order valence-corrected chi connectivity index (χ4v) is 3.50. The minimum absolute atomic E-state index is 0.00606. The van der Waals surface area contributed by atoms with Crippen molar-refractivity contribution in [3.8, 4) is 11.8 Å². The molecule has 0 N–H and O–H groups in total. The molecule has 134 valence electrons. The summed E-state index contributed by atoms with van der Waals surface area (Å²) in [4.78, 5) is 14.8. The van der Waals surface area contributed by atoms with Crippen LogP contribution in [0.15, 0.2) is 40.9 Å². The number of Topliss-reactive ketones (excluding diaryl/α,β-unsaturated/α-hetero) is 1. The Hall–Kier alpha value is -2.39. The highest BCUT2D eigenvalue weighted by atomic mass is 79.9. The average Bonchev–Trinajstić information content (AvgIpc) is 2.69. The quantitative estimate of drug-likeness (QED) is 0.685. The SMILES string of the molecule is COc1cc(N2CCC(C(=O)c3ccc(Br)c(F)c3)CC2)ccc1C#N. The predicted molar refractivity (Wildman–Crippen MR) is 101 cm³/mol. The molecule has 4 nitrogen and oxygen atoms in total. The number of carbonyl (C=O) groups is 1. The summed E-state index contributed by atoms with van der Waals surface area (Å²) >= 11 is 3.11. The molecular weight excluding hydrogens is 399 g/mol. The smallest absolute Gasteiger partial charge is 0.166 e. The largest absolute Gasteiger partial charge is 0.495 e. The summed E-state index contributed by atoms with van der Waals surface area (Å²) in [5.74, 6) is 0.0204. The number of carbonyl (C=O) groups excluding carboxylic acids is 1. The van der Waals surface area contributed by atoms with Crippen molar-refractivity contribution < 1.29 is 13.9 Å². The Bertz CT molecular complexity index is 871. The first-order valence-electron chi connectivity index (χ1n) is 8.36. The molecule has 26 heavy (non-hydrogen) atoms. The van der Waals surface area contributed by atoms with Crippen LogP contribution in [-0.2, 0) is 0 Å². The number of ketones is 1. The van der Waals surface area contributed by atoms with Crippen LogP contribution in [0.3, 0.4) is 0 Å². The number of hydrogen-bond donors (Lipinski definition) is 0. The van der Waals surface area contributed by atoms with E-state index in [1.54, 1.807) is 25.3 Å². The first-order valence-corrected chi connectivity index (χ1v) is 9.15. The van der Waals surface area contributed by atoms with Gasteiger partial charge >= 0.3 is 0 Å². The van der Waals surface area contributed by atoms with E-state index in [4.69, 9.17) is 10.00 Å². The first-order chi connectivity index (χ1) is 12.5. The number of piperidine rings is 1. The van der Waals surface area contributed by atoms with E-state index in [-0.39, 0.29) is 11.7 Å². The number of nitrogens with zero attached hydrogens (tertiary/aromatic N) is 2. The Morgan fingerprint density at radius 1 is 1.27 bits per heavy atom. The molecule has 1 aliphatic heterocycles. The molecule has 0 radical (unpaired) electrons. The van der Waals surface area contributed by atoms with Gasteiger partial charge in [-0.3, -0.25) is 4.79 Å². The second-order valence-corrected chi connectivity index (χ2v) is 7.11. The lowest BCUT2D eigenvalue weighted by atomic mass is 9.88. The molecule has 1 aliphatic rings. The van der Waals surface area contributed by atoms with E-state index in [9.17, 15) is 9.18 Å². The number of hydrogen-bond acceptors (Lipinski definition) is 4. The van der Waals surface area contributed by atoms with Crippen molar-refractivity contribution in [2.75, 3.05) is 25.1 Å². The highest BCUT2D eigenvalue weighted by molar-refractivity contribution is 9.10. The highest BCUT2D eigenvalue weighted by Crippen LogP contribution is 2.30. The van der Waals surface area contributed by atoms with Gasteiger partial charge < -0.3 is 9.64 Å². The van der Waals surface area contributed by atoms with Gasteiger partial charge in [-0.15, -0.1) is 0 Å². The minimum atomic E-state index is -0.419. The molecule has 1 saturated heterocycles. The number of ether oxygens (including phenoxy) is 1. The molecule has 0 saturated carbocycles. The molecule has 0 amide bonds. The van der Waals surface area contributed by atoms with Gasteiger partial charge in [0.2, 0.25) is 0 Å². The van der Waals surface area contributed by atoms with E-state index >= 15 is 0 Å². The molecule has 0 spiro atoms. The number of rotatable bonds is 4. The summed E-state index contributed by atoms with van der Waals surface area (Å²) < 4.78 is 19.3. The molecule has 2 aromatic carbocycles. The maximum Gasteiger partial charge on any atom is 0.166 e. The molecule has 2 aromatic rings. The lowest BCUT2D eigenvalue weighted by Crippen LogP contribution is -2.36. The summed E-state index contributed by atoms with van der Waals surface area (Å²) in [6.45, 7) is 1.45. The fraction of sp³-hybridized carbons (Fsp3) is 0.300. The normalized spacial score (nSPS) is 14.8. The lowest BCUT2D eigenvalue weighted by molar-refractivity contribution is 0.0900. The number of nitriles is 1. The van der Waals surface area contributed by atoms with Gasteiger partial charge in [0.25, 0.3) is 0 Å². The Morgan fingerprint density at radius 3 is 2.62 bits per heavy atom. The summed E-state index contributed by atoms with van der Waals surface area (Å²) in [6.07, 6.45) is 1.41. The molecule has 0 unspecified atom stereocenters. The maximum absolute atomic E-state index is 13.7. The van der Waals surface area contributed by atoms with Crippen LogP contribution in [0, 0.1) is 23.1 Å². The zero-order valence-corrected chi connectivity index (χ0v) is 15.9. The van der Waals surface area contributed by atoms with E-state index in [2.05, 4.69) is 26.9 Å². The van der Waals surface area contributed by atoms with Gasteiger partial charge in [-0.05, 0) is 53.0 Å². The number of halogens is 2. The van der Waals surface area contributed by atoms with Gasteiger partial charge in [-0.1, -0.05) is 6.07 Å². The van der Waals surface area contributed by atoms with Crippen LogP contribution in [-0.4, -0.2) is 26.0 Å². The van der Waals surface area contributed by atoms with Crippen LogP contribution in [0.2, 0.25) is 0 Å². The van der Waals surface area contributed by atoms with E-state index in [1.165, 1.54) is 6.07 Å². The number of anilines is 1. The predicted octanol–water partition coefficient (Wildman–Crippen LogP) is 4.57. The molecule has 6 heteroatoms. The lowest BCUT2D eigenvalue weighted by Gasteiger charge is -2.33. The van der Waals surface area contributed by atoms with Crippen LogP contribution in [0.4, 0.5) is 10.1 Å². The summed E-state index contributed by atoms with van der Waals surface area (Å²) in [6, 6.07) is 12.1. The van der Waals surface area contributed by atoms with E-state index in [0.717, 1.165) is 18.8 Å². The molecule has 1 heterocycles. The van der Waals surface area contributed by atoms with Crippen LogP contribution >= 0.6 is 15.9 Å². The Kier molecular flexibility index (Phi) is 5.58. The third kappa shape index (κ3) is 3.73. The fourth-order valence-electron chi connectivity index (χ4n) is 3.25. The average molecular weight is 417 g/mol. The van der Waals surface area contributed by atoms with Crippen molar-refractivity contribution in [2.45, 2.75) is 12.8 Å². The van der Waals surface area contributed by atoms with Crippen LogP contribution < -0.4 is 9.64 Å². The molecule has 1 fully saturated rings. The maximum atomic E-state index is 13.7. The number of benzene rings is 2. The summed E-state index contributed by atoms with van der Waals surface area (Å²) in [5.41, 5.74) is 1.89. The van der Waals surface area contributed by atoms with Crippen LogP contribution in [0.25, 0.3) is 0 Å². The van der Waals surface area contributed by atoms with Crippen LogP contribution in [0.1, 0.15) is 28.8 Å². The third-order valence-electron chi connectivity index (χ3n) is 4.74. The second kappa shape index (κ2) is 7.88. The standard InChI is InChI=1S/C20H18BrFN2O2/c1-26-19-11-16(4-2-15(19)12-23)24-8-6-13(7-9-24)20(25)14-3-5-17(21)18(22)10-14/h2-5,10-11,13H,6-9H2,1H3. The van der Waals surface area contributed by atoms with Crippen molar-refractivity contribution in [3.63, 3.8) is 0 Å². The van der Waals surface area contributed by atoms with Gasteiger partial charge in [0, 0.05) is 36.3 Å². The van der Waals surface area contributed by atoms with Crippen molar-refractivity contribution in [1.82, 2.24) is 0 Å². The molecule has 0 bridgehead atoms. The molecule has 0 aliphatic carbocycles. The second-order valence-electron chi connectivity index (χ2n) is 6.25. The minimum Gasteiger partial charge on any atom is -0.495 e. The molecular formula is C20H18BrFN2O2. The Balaban J connectivity index is 1.68. The van der Waals surface area contributed by atoms with Crippen molar-refractivity contribution in [1.29, 1.82) is 5.26 Å². The molecule has 0 aromatic heterocycles. The molecule has 0 atom stereocenters.